The SMILES string of the molecule is NC(COc1cncc(-c2cc3c(cn2)cnn3-c2ccccc2F)n1)c1ccccc1. The predicted octanol–water partition coefficient (Wildman–Crippen LogP) is 4.10. The smallest absolute Gasteiger partial charge is 0.232 e. The van der Waals surface area contributed by atoms with E-state index < -0.39 is 0 Å². The first-order valence-electron chi connectivity index (χ1n) is 10.0. The standard InChI is InChI=1S/C24H19FN6O/c25-18-8-4-5-9-22(18)31-23-10-20(28-11-17(23)12-29-31)21-13-27-14-24(30-21)32-15-19(26)16-6-2-1-3-7-16/h1-14,19H,15,26H2. The summed E-state index contributed by atoms with van der Waals surface area (Å²) in [5.74, 6) is -0.0146. The van der Waals surface area contributed by atoms with E-state index in [-0.39, 0.29) is 18.5 Å². The van der Waals surface area contributed by atoms with E-state index in [2.05, 4.69) is 20.1 Å². The summed E-state index contributed by atoms with van der Waals surface area (Å²) in [4.78, 5) is 13.2. The molecular formula is C24H19FN6O. The second-order valence-electron chi connectivity index (χ2n) is 7.21. The molecule has 7 nitrogen and oxygen atoms in total. The van der Waals surface area contributed by atoms with Gasteiger partial charge in [0.15, 0.2) is 0 Å². The molecule has 0 aliphatic heterocycles. The van der Waals surface area contributed by atoms with E-state index in [4.69, 9.17) is 10.5 Å². The number of nitrogens with two attached hydrogens (primary N) is 1. The monoisotopic (exact) mass is 426 g/mol. The number of ether oxygens (including phenoxy) is 1. The van der Waals surface area contributed by atoms with Gasteiger partial charge in [0.1, 0.15) is 23.8 Å². The molecule has 0 saturated carbocycles. The van der Waals surface area contributed by atoms with Crippen LogP contribution in [0.2, 0.25) is 0 Å². The van der Waals surface area contributed by atoms with Crippen LogP contribution in [0.5, 0.6) is 5.88 Å². The molecule has 0 fully saturated rings. The topological polar surface area (TPSA) is 91.7 Å². The Kier molecular flexibility index (Phi) is 5.27. The van der Waals surface area contributed by atoms with Gasteiger partial charge in [0.25, 0.3) is 0 Å². The fraction of sp³-hybridized carbons (Fsp3) is 0.0833. The number of nitrogens with zero attached hydrogens (tertiary/aromatic N) is 5. The summed E-state index contributed by atoms with van der Waals surface area (Å²) < 4.78 is 21.6. The molecule has 0 aliphatic rings. The predicted molar refractivity (Wildman–Crippen MR) is 119 cm³/mol. The normalized spacial score (nSPS) is 12.1. The van der Waals surface area contributed by atoms with Crippen molar-refractivity contribution in [3.05, 3.63) is 96.8 Å². The van der Waals surface area contributed by atoms with E-state index in [9.17, 15) is 4.39 Å². The number of aromatic nitrogens is 5. The molecule has 158 valence electrons. The first-order valence-corrected chi connectivity index (χ1v) is 10.0. The maximum absolute atomic E-state index is 14.3. The van der Waals surface area contributed by atoms with Crippen LogP contribution in [0.15, 0.2) is 85.5 Å². The van der Waals surface area contributed by atoms with Gasteiger partial charge >= 0.3 is 0 Å². The second kappa shape index (κ2) is 8.52. The largest absolute Gasteiger partial charge is 0.475 e. The minimum atomic E-state index is -0.360. The summed E-state index contributed by atoms with van der Waals surface area (Å²) in [6.07, 6.45) is 6.45. The minimum Gasteiger partial charge on any atom is -0.475 e. The summed E-state index contributed by atoms with van der Waals surface area (Å²) in [7, 11) is 0. The number of hydrogen-bond donors (Lipinski definition) is 1. The Bertz CT molecular complexity index is 1370. The van der Waals surface area contributed by atoms with Gasteiger partial charge in [-0.05, 0) is 23.8 Å². The zero-order valence-corrected chi connectivity index (χ0v) is 17.0. The van der Waals surface area contributed by atoms with Gasteiger partial charge in [-0.3, -0.25) is 9.97 Å². The molecule has 0 spiro atoms. The zero-order valence-electron chi connectivity index (χ0n) is 17.0. The first kappa shape index (κ1) is 19.8. The molecule has 32 heavy (non-hydrogen) atoms. The molecule has 1 atom stereocenters. The fourth-order valence-electron chi connectivity index (χ4n) is 3.39. The molecule has 0 saturated heterocycles. The summed E-state index contributed by atoms with van der Waals surface area (Å²) in [5, 5.41) is 5.10. The highest BCUT2D eigenvalue weighted by atomic mass is 19.1. The van der Waals surface area contributed by atoms with Crippen LogP contribution in [0.25, 0.3) is 28.0 Å². The van der Waals surface area contributed by atoms with Crippen LogP contribution in [-0.4, -0.2) is 31.3 Å². The number of para-hydroxylation sites is 1. The highest BCUT2D eigenvalue weighted by Crippen LogP contribution is 2.24. The van der Waals surface area contributed by atoms with Crippen molar-refractivity contribution in [2.24, 2.45) is 5.73 Å². The molecule has 0 radical (unpaired) electrons. The molecule has 2 aromatic carbocycles. The van der Waals surface area contributed by atoms with Crippen molar-refractivity contribution in [1.82, 2.24) is 24.7 Å². The van der Waals surface area contributed by atoms with Crippen LogP contribution in [0.3, 0.4) is 0 Å². The third kappa shape index (κ3) is 3.91. The third-order valence-electron chi connectivity index (χ3n) is 5.05. The minimum absolute atomic E-state index is 0.259. The molecule has 5 aromatic rings. The van der Waals surface area contributed by atoms with Gasteiger partial charge in [-0.15, -0.1) is 0 Å². The summed E-state index contributed by atoms with van der Waals surface area (Å²) in [5.41, 5.74) is 9.34. The van der Waals surface area contributed by atoms with Crippen molar-refractivity contribution in [3.63, 3.8) is 0 Å². The van der Waals surface area contributed by atoms with Gasteiger partial charge < -0.3 is 10.5 Å². The van der Waals surface area contributed by atoms with Crippen LogP contribution in [-0.2, 0) is 0 Å². The molecular weight excluding hydrogens is 407 g/mol. The van der Waals surface area contributed by atoms with Gasteiger partial charge in [-0.2, -0.15) is 5.10 Å². The Morgan fingerprint density at radius 1 is 0.938 bits per heavy atom. The maximum atomic E-state index is 14.3. The highest BCUT2D eigenvalue weighted by molar-refractivity contribution is 5.82. The van der Waals surface area contributed by atoms with E-state index in [1.807, 2.05) is 30.3 Å². The van der Waals surface area contributed by atoms with E-state index in [1.165, 1.54) is 12.3 Å². The van der Waals surface area contributed by atoms with E-state index in [0.717, 1.165) is 10.9 Å². The lowest BCUT2D eigenvalue weighted by Gasteiger charge is -2.13. The first-order chi connectivity index (χ1) is 15.7. The Hall–Kier alpha value is -4.17. The Morgan fingerprint density at radius 3 is 2.59 bits per heavy atom. The van der Waals surface area contributed by atoms with Crippen molar-refractivity contribution in [2.45, 2.75) is 6.04 Å². The molecule has 1 unspecified atom stereocenters. The van der Waals surface area contributed by atoms with Gasteiger partial charge in [-0.1, -0.05) is 42.5 Å². The van der Waals surface area contributed by atoms with Gasteiger partial charge in [0, 0.05) is 11.6 Å². The van der Waals surface area contributed by atoms with Crippen LogP contribution in [0, 0.1) is 5.82 Å². The van der Waals surface area contributed by atoms with E-state index >= 15 is 0 Å². The van der Waals surface area contributed by atoms with Crippen LogP contribution < -0.4 is 10.5 Å². The van der Waals surface area contributed by atoms with E-state index in [0.29, 0.717) is 28.5 Å². The third-order valence-corrected chi connectivity index (χ3v) is 5.05. The Balaban J connectivity index is 1.42. The quantitative estimate of drug-likeness (QED) is 0.440. The second-order valence-corrected chi connectivity index (χ2v) is 7.21. The summed E-state index contributed by atoms with van der Waals surface area (Å²) >= 11 is 0. The van der Waals surface area contributed by atoms with E-state index in [1.54, 1.807) is 47.5 Å². The zero-order chi connectivity index (χ0) is 21.9. The number of fused-ring (bicyclic) bond motifs is 1. The molecule has 3 aromatic heterocycles. The lowest BCUT2D eigenvalue weighted by molar-refractivity contribution is 0.279. The van der Waals surface area contributed by atoms with Gasteiger partial charge in [0.05, 0.1) is 35.8 Å². The average Bonchev–Trinajstić information content (AvgIpc) is 3.26. The highest BCUT2D eigenvalue weighted by Gasteiger charge is 2.13. The Morgan fingerprint density at radius 2 is 1.75 bits per heavy atom. The molecule has 3 heterocycles. The van der Waals surface area contributed by atoms with Crippen LogP contribution in [0.1, 0.15) is 11.6 Å². The molecule has 0 aliphatic carbocycles. The van der Waals surface area contributed by atoms with Crippen LogP contribution >= 0.6 is 0 Å². The van der Waals surface area contributed by atoms with Crippen molar-refractivity contribution >= 4 is 10.9 Å². The van der Waals surface area contributed by atoms with Gasteiger partial charge in [0.2, 0.25) is 5.88 Å². The average molecular weight is 426 g/mol. The fourth-order valence-corrected chi connectivity index (χ4v) is 3.39. The van der Waals surface area contributed by atoms with Gasteiger partial charge in [-0.25, -0.2) is 14.1 Å². The number of benzene rings is 2. The lowest BCUT2D eigenvalue weighted by Crippen LogP contribution is -2.19. The van der Waals surface area contributed by atoms with Crippen LogP contribution in [0.4, 0.5) is 4.39 Å². The Labute approximate surface area is 183 Å². The lowest BCUT2D eigenvalue weighted by atomic mass is 10.1. The van der Waals surface area contributed by atoms with Crippen molar-refractivity contribution < 1.29 is 9.13 Å². The molecule has 8 heteroatoms. The van der Waals surface area contributed by atoms with Crippen molar-refractivity contribution in [1.29, 1.82) is 0 Å². The molecule has 5 rings (SSSR count). The molecule has 2 N–H and O–H groups in total. The van der Waals surface area contributed by atoms with Crippen molar-refractivity contribution in [3.8, 4) is 23.0 Å². The molecule has 0 bridgehead atoms. The number of hydrogen-bond acceptors (Lipinski definition) is 6. The van der Waals surface area contributed by atoms with Crippen molar-refractivity contribution in [2.75, 3.05) is 6.61 Å². The number of halogens is 1. The summed E-state index contributed by atoms with van der Waals surface area (Å²) in [6, 6.07) is 17.7. The summed E-state index contributed by atoms with van der Waals surface area (Å²) in [6.45, 7) is 0.259. The number of rotatable bonds is 6. The molecule has 0 amide bonds. The maximum Gasteiger partial charge on any atom is 0.232 e. The number of pyridine rings is 1.